The summed E-state index contributed by atoms with van der Waals surface area (Å²) in [4.78, 5) is 20.0. The van der Waals surface area contributed by atoms with Crippen LogP contribution < -0.4 is 10.2 Å². The van der Waals surface area contributed by atoms with Crippen molar-refractivity contribution in [2.24, 2.45) is 0 Å². The van der Waals surface area contributed by atoms with Gasteiger partial charge in [-0.2, -0.15) is 0 Å². The number of aliphatic hydroxyl groups excluding tert-OH is 10. The average Bonchev–Trinajstić information content (AvgIpc) is 2.62. The first-order valence-electron chi connectivity index (χ1n) is 6.91. The van der Waals surface area contributed by atoms with E-state index in [1.165, 1.54) is 0 Å². The van der Waals surface area contributed by atoms with E-state index in [1.54, 1.807) is 0 Å². The summed E-state index contributed by atoms with van der Waals surface area (Å²) in [6, 6.07) is 0. The maximum Gasteiger partial charge on any atom is 2.00 e. The fraction of sp³-hybridized carbons (Fsp3) is 0.833. The Balaban J connectivity index is -0.000000411. The molecule has 0 aliphatic rings. The summed E-state index contributed by atoms with van der Waals surface area (Å²) in [7, 11) is 0. The van der Waals surface area contributed by atoms with Gasteiger partial charge in [0.1, 0.15) is 48.8 Å². The van der Waals surface area contributed by atoms with Crippen LogP contribution >= 0.6 is 0 Å². The Morgan fingerprint density at radius 2 is 0.815 bits per heavy atom. The smallest absolute Gasteiger partial charge is 0.547 e. The molecule has 0 saturated heterocycles. The average molecular weight is 430 g/mol. The number of hydrogen-bond donors (Lipinski definition) is 10. The summed E-state index contributed by atoms with van der Waals surface area (Å²) in [6.07, 6.45) is -16.2. The number of aliphatic hydroxyl groups is 10. The summed E-state index contributed by atoms with van der Waals surface area (Å²) in [5, 5.41) is 107. The number of carbonyl (C=O) groups excluding carboxylic acids is 2. The van der Waals surface area contributed by atoms with Gasteiger partial charge in [0.05, 0.1) is 25.2 Å². The molecule has 0 aromatic rings. The van der Waals surface area contributed by atoms with E-state index in [-0.39, 0.29) is 37.7 Å². The van der Waals surface area contributed by atoms with Gasteiger partial charge in [-0.1, -0.05) is 0 Å². The van der Waals surface area contributed by atoms with E-state index < -0.39 is 74.0 Å². The maximum atomic E-state index is 9.98. The second-order valence-electron chi connectivity index (χ2n) is 4.99. The maximum absolute atomic E-state index is 9.98. The van der Waals surface area contributed by atoms with E-state index in [0.29, 0.717) is 0 Å². The van der Waals surface area contributed by atoms with Crippen molar-refractivity contribution in [3.63, 3.8) is 0 Å². The second-order valence-corrected chi connectivity index (χ2v) is 4.99. The predicted octanol–water partition coefficient (Wildman–Crippen LogP) is -10.0. The molecule has 0 heterocycles. The molecule has 0 amide bonds. The molecule has 10 N–H and O–H groups in total. The molecule has 0 radical (unpaired) electrons. The molecule has 0 fully saturated rings. The summed E-state index contributed by atoms with van der Waals surface area (Å²) in [5.41, 5.74) is 0. The Kier molecular flexibility index (Phi) is 18.3. The molecular formula is C12H22CaO14. The van der Waals surface area contributed by atoms with Crippen LogP contribution in [0.3, 0.4) is 0 Å². The van der Waals surface area contributed by atoms with Gasteiger partial charge in [0.2, 0.25) is 0 Å². The minimum atomic E-state index is -2.31. The summed E-state index contributed by atoms with van der Waals surface area (Å²) in [6.45, 7) is -1.73. The molecule has 0 aromatic carbocycles. The zero-order chi connectivity index (χ0) is 21.2. The predicted molar refractivity (Wildman–Crippen MR) is 78.0 cm³/mol. The topological polar surface area (TPSA) is 283 Å². The number of carboxylic acids is 2. The van der Waals surface area contributed by atoms with E-state index in [2.05, 4.69) is 0 Å². The minimum Gasteiger partial charge on any atom is -0.547 e. The van der Waals surface area contributed by atoms with Crippen molar-refractivity contribution in [3.8, 4) is 0 Å². The molecule has 0 aliphatic carbocycles. The fourth-order valence-electron chi connectivity index (χ4n) is 1.32. The van der Waals surface area contributed by atoms with Crippen LogP contribution in [0.15, 0.2) is 0 Å². The molecule has 0 aliphatic heterocycles. The van der Waals surface area contributed by atoms with Gasteiger partial charge in [-0.05, 0) is 0 Å². The van der Waals surface area contributed by atoms with Crippen molar-refractivity contribution in [1.29, 1.82) is 0 Å². The van der Waals surface area contributed by atoms with Crippen molar-refractivity contribution in [2.45, 2.75) is 48.8 Å². The number of rotatable bonds is 10. The van der Waals surface area contributed by atoms with Gasteiger partial charge in [0.25, 0.3) is 0 Å². The molecule has 0 bridgehead atoms. The molecule has 0 rings (SSSR count). The van der Waals surface area contributed by atoms with Crippen LogP contribution in [0.25, 0.3) is 0 Å². The molecule has 15 heteroatoms. The van der Waals surface area contributed by atoms with E-state index in [1.807, 2.05) is 0 Å². The van der Waals surface area contributed by atoms with Gasteiger partial charge >= 0.3 is 37.7 Å². The zero-order valence-electron chi connectivity index (χ0n) is 13.8. The van der Waals surface area contributed by atoms with Gasteiger partial charge in [-0.15, -0.1) is 0 Å². The second kappa shape index (κ2) is 15.7. The van der Waals surface area contributed by atoms with Gasteiger partial charge in [-0.3, -0.25) is 0 Å². The number of hydrogen-bond acceptors (Lipinski definition) is 14. The fourth-order valence-corrected chi connectivity index (χ4v) is 1.32. The zero-order valence-corrected chi connectivity index (χ0v) is 16.1. The first kappa shape index (κ1) is 31.5. The standard InChI is InChI=1S/2C6H12O7.Ca/c2*7-1-2(8)3(9)4(10)5(11)6(12)13;/h2*2-5,7-11H,1H2,(H,12,13);/q;;+2/p-2/t2*2-,3+,4-,5-;/m11./s1. The van der Waals surface area contributed by atoms with Crippen LogP contribution in [0.2, 0.25) is 0 Å². The molecule has 0 unspecified atom stereocenters. The Morgan fingerprint density at radius 1 is 0.593 bits per heavy atom. The Hall–Kier alpha value is -0.200. The van der Waals surface area contributed by atoms with Gasteiger partial charge in [0.15, 0.2) is 0 Å². The first-order chi connectivity index (χ1) is 11.8. The van der Waals surface area contributed by atoms with Crippen molar-refractivity contribution in [2.75, 3.05) is 13.2 Å². The quantitative estimate of drug-likeness (QED) is 0.144. The summed E-state index contributed by atoms with van der Waals surface area (Å²) in [5.74, 6) is -3.95. The van der Waals surface area contributed by atoms with E-state index in [9.17, 15) is 19.8 Å². The van der Waals surface area contributed by atoms with Crippen LogP contribution in [-0.2, 0) is 9.59 Å². The van der Waals surface area contributed by atoms with Crippen molar-refractivity contribution >= 4 is 49.7 Å². The minimum absolute atomic E-state index is 0. The van der Waals surface area contributed by atoms with E-state index >= 15 is 0 Å². The Bertz CT molecular complexity index is 385. The normalized spacial score (nSPS) is 19.6. The van der Waals surface area contributed by atoms with Crippen LogP contribution in [0, 0.1) is 0 Å². The Morgan fingerprint density at radius 3 is 0.963 bits per heavy atom. The third-order valence-corrected chi connectivity index (χ3v) is 2.99. The monoisotopic (exact) mass is 430 g/mol. The molecule has 27 heavy (non-hydrogen) atoms. The molecular weight excluding hydrogens is 408 g/mol. The SMILES string of the molecule is O=C([O-])[C@H](O)[C@H](O)[C@@H](O)[C@H](O)CO.O=C([O-])[C@H](O)[C@H](O)[C@@H](O)[C@H](O)CO.[Ca+2]. The van der Waals surface area contributed by atoms with Crippen molar-refractivity contribution in [1.82, 2.24) is 0 Å². The molecule has 0 saturated carbocycles. The molecule has 0 spiro atoms. The van der Waals surface area contributed by atoms with Crippen LogP contribution in [-0.4, -0.2) is 163 Å². The largest absolute Gasteiger partial charge is 2.00 e. The first-order valence-corrected chi connectivity index (χ1v) is 6.91. The summed E-state index contributed by atoms with van der Waals surface area (Å²) < 4.78 is 0. The third kappa shape index (κ3) is 11.4. The number of carbonyl (C=O) groups is 2. The molecule has 8 atom stereocenters. The van der Waals surface area contributed by atoms with Crippen LogP contribution in [0.5, 0.6) is 0 Å². The molecule has 14 nitrogen and oxygen atoms in total. The Labute approximate surface area is 182 Å². The van der Waals surface area contributed by atoms with Crippen molar-refractivity contribution in [3.05, 3.63) is 0 Å². The van der Waals surface area contributed by atoms with E-state index in [4.69, 9.17) is 51.1 Å². The third-order valence-electron chi connectivity index (χ3n) is 2.99. The van der Waals surface area contributed by atoms with Gasteiger partial charge in [0, 0.05) is 0 Å². The molecule has 156 valence electrons. The molecule has 0 aromatic heterocycles. The van der Waals surface area contributed by atoms with Crippen LogP contribution in [0.4, 0.5) is 0 Å². The van der Waals surface area contributed by atoms with Gasteiger partial charge < -0.3 is 70.9 Å². The van der Waals surface area contributed by atoms with E-state index in [0.717, 1.165) is 0 Å². The number of carboxylic acid groups (broad SMARTS) is 2. The number of aliphatic carboxylic acids is 2. The van der Waals surface area contributed by atoms with Crippen LogP contribution in [0.1, 0.15) is 0 Å². The summed E-state index contributed by atoms with van der Waals surface area (Å²) >= 11 is 0. The van der Waals surface area contributed by atoms with Crippen molar-refractivity contribution < 1.29 is 70.9 Å². The van der Waals surface area contributed by atoms with Gasteiger partial charge in [-0.25, -0.2) is 0 Å².